The third kappa shape index (κ3) is 2.24. The van der Waals surface area contributed by atoms with Crippen LogP contribution in [-0.4, -0.2) is 14.9 Å². The van der Waals surface area contributed by atoms with Gasteiger partial charge in [0.15, 0.2) is 0 Å². The quantitative estimate of drug-likeness (QED) is 0.818. The molecule has 0 bridgehead atoms. The first-order valence-corrected chi connectivity index (χ1v) is 4.88. The summed E-state index contributed by atoms with van der Waals surface area (Å²) in [5, 5.41) is 11.3. The minimum atomic E-state index is 0.245. The van der Waals surface area contributed by atoms with Gasteiger partial charge >= 0.3 is 0 Å². The minimum absolute atomic E-state index is 0.245. The van der Waals surface area contributed by atoms with E-state index in [1.165, 1.54) is 0 Å². The number of nitrogens with zero attached hydrogens (tertiary/aromatic N) is 3. The predicted molar refractivity (Wildman–Crippen MR) is 55.0 cm³/mol. The largest absolute Gasteiger partial charge is 0.364 e. The van der Waals surface area contributed by atoms with Crippen molar-refractivity contribution in [1.82, 2.24) is 20.3 Å². The predicted octanol–water partition coefficient (Wildman–Crippen LogP) is 1.26. The standard InChI is InChI=1S/C10H14N4O/c1-8(10-3-5-12-14(10)2)11-7-9-4-6-15-13-9/h3-6,8,11H,7H2,1-2H3. The van der Waals surface area contributed by atoms with Crippen molar-refractivity contribution in [2.75, 3.05) is 0 Å². The van der Waals surface area contributed by atoms with Crippen molar-refractivity contribution in [3.05, 3.63) is 36.0 Å². The number of rotatable bonds is 4. The monoisotopic (exact) mass is 206 g/mol. The lowest BCUT2D eigenvalue weighted by atomic mass is 10.2. The molecule has 2 rings (SSSR count). The molecule has 0 aliphatic carbocycles. The molecule has 1 N–H and O–H groups in total. The molecule has 0 spiro atoms. The van der Waals surface area contributed by atoms with Crippen molar-refractivity contribution in [2.45, 2.75) is 19.5 Å². The topological polar surface area (TPSA) is 55.9 Å². The van der Waals surface area contributed by atoms with E-state index in [-0.39, 0.29) is 6.04 Å². The Bertz CT molecular complexity index is 407. The second-order valence-corrected chi connectivity index (χ2v) is 3.47. The lowest BCUT2D eigenvalue weighted by Crippen LogP contribution is -2.20. The first kappa shape index (κ1) is 9.92. The molecule has 0 aromatic carbocycles. The van der Waals surface area contributed by atoms with Crippen molar-refractivity contribution < 1.29 is 4.52 Å². The van der Waals surface area contributed by atoms with Crippen LogP contribution in [-0.2, 0) is 13.6 Å². The average molecular weight is 206 g/mol. The molecule has 5 nitrogen and oxygen atoms in total. The Balaban J connectivity index is 1.93. The smallest absolute Gasteiger partial charge is 0.124 e. The summed E-state index contributed by atoms with van der Waals surface area (Å²) in [5.41, 5.74) is 2.06. The Labute approximate surface area is 88.1 Å². The van der Waals surface area contributed by atoms with Crippen LogP contribution in [0.25, 0.3) is 0 Å². The SMILES string of the molecule is CC(NCc1ccon1)c1ccnn1C. The molecule has 15 heavy (non-hydrogen) atoms. The van der Waals surface area contributed by atoms with Gasteiger partial charge in [0.2, 0.25) is 0 Å². The lowest BCUT2D eigenvalue weighted by molar-refractivity contribution is 0.405. The highest BCUT2D eigenvalue weighted by atomic mass is 16.5. The maximum Gasteiger partial charge on any atom is 0.124 e. The van der Waals surface area contributed by atoms with Gasteiger partial charge in [-0.3, -0.25) is 4.68 Å². The second kappa shape index (κ2) is 4.27. The van der Waals surface area contributed by atoms with Crippen molar-refractivity contribution in [3.63, 3.8) is 0 Å². The Morgan fingerprint density at radius 2 is 2.40 bits per heavy atom. The van der Waals surface area contributed by atoms with Gasteiger partial charge < -0.3 is 9.84 Å². The van der Waals surface area contributed by atoms with E-state index in [4.69, 9.17) is 4.52 Å². The van der Waals surface area contributed by atoms with Crippen LogP contribution in [0.15, 0.2) is 29.1 Å². The Morgan fingerprint density at radius 3 is 3.00 bits per heavy atom. The van der Waals surface area contributed by atoms with E-state index in [1.807, 2.05) is 23.9 Å². The zero-order chi connectivity index (χ0) is 10.7. The fourth-order valence-electron chi connectivity index (χ4n) is 1.50. The molecule has 2 aromatic rings. The van der Waals surface area contributed by atoms with Crippen LogP contribution in [0.4, 0.5) is 0 Å². The Hall–Kier alpha value is -1.62. The molecule has 1 unspecified atom stereocenters. The molecule has 0 radical (unpaired) electrons. The van der Waals surface area contributed by atoms with E-state index < -0.39 is 0 Å². The van der Waals surface area contributed by atoms with Crippen LogP contribution in [0.3, 0.4) is 0 Å². The maximum absolute atomic E-state index is 4.75. The number of hydrogen-bond acceptors (Lipinski definition) is 4. The molecule has 0 amide bonds. The molecule has 2 heterocycles. The van der Waals surface area contributed by atoms with Crippen LogP contribution in [0.1, 0.15) is 24.4 Å². The van der Waals surface area contributed by atoms with Crippen molar-refractivity contribution in [2.24, 2.45) is 7.05 Å². The van der Waals surface area contributed by atoms with Gasteiger partial charge in [-0.25, -0.2) is 0 Å². The van der Waals surface area contributed by atoms with E-state index in [2.05, 4.69) is 22.5 Å². The van der Waals surface area contributed by atoms with Gasteiger partial charge in [-0.15, -0.1) is 0 Å². The molecular formula is C10H14N4O. The fraction of sp³-hybridized carbons (Fsp3) is 0.400. The van der Waals surface area contributed by atoms with Gasteiger partial charge in [-0.05, 0) is 13.0 Å². The van der Waals surface area contributed by atoms with E-state index in [0.717, 1.165) is 11.4 Å². The van der Waals surface area contributed by atoms with E-state index in [9.17, 15) is 0 Å². The third-order valence-electron chi connectivity index (χ3n) is 2.38. The number of aryl methyl sites for hydroxylation is 1. The van der Waals surface area contributed by atoms with Crippen LogP contribution >= 0.6 is 0 Å². The zero-order valence-corrected chi connectivity index (χ0v) is 8.84. The molecule has 0 aliphatic heterocycles. The first-order chi connectivity index (χ1) is 7.27. The molecule has 0 aliphatic rings. The highest BCUT2D eigenvalue weighted by molar-refractivity contribution is 5.06. The first-order valence-electron chi connectivity index (χ1n) is 4.88. The number of hydrogen-bond donors (Lipinski definition) is 1. The van der Waals surface area contributed by atoms with Gasteiger partial charge in [-0.1, -0.05) is 5.16 Å². The third-order valence-corrected chi connectivity index (χ3v) is 2.38. The van der Waals surface area contributed by atoms with Gasteiger partial charge in [0.1, 0.15) is 6.26 Å². The summed E-state index contributed by atoms with van der Waals surface area (Å²) in [5.74, 6) is 0. The summed E-state index contributed by atoms with van der Waals surface area (Å²) >= 11 is 0. The van der Waals surface area contributed by atoms with Crippen molar-refractivity contribution in [1.29, 1.82) is 0 Å². The molecule has 80 valence electrons. The second-order valence-electron chi connectivity index (χ2n) is 3.47. The normalized spacial score (nSPS) is 12.9. The maximum atomic E-state index is 4.75. The van der Waals surface area contributed by atoms with Gasteiger partial charge in [0.05, 0.1) is 11.4 Å². The molecular weight excluding hydrogens is 192 g/mol. The Morgan fingerprint density at radius 1 is 1.53 bits per heavy atom. The molecule has 0 saturated carbocycles. The van der Waals surface area contributed by atoms with Crippen LogP contribution in [0.2, 0.25) is 0 Å². The van der Waals surface area contributed by atoms with Crippen LogP contribution in [0, 0.1) is 0 Å². The lowest BCUT2D eigenvalue weighted by Gasteiger charge is -2.12. The van der Waals surface area contributed by atoms with Gasteiger partial charge in [0, 0.05) is 31.9 Å². The molecule has 0 fully saturated rings. The number of aromatic nitrogens is 3. The summed E-state index contributed by atoms with van der Waals surface area (Å²) < 4.78 is 6.62. The van der Waals surface area contributed by atoms with Crippen molar-refractivity contribution >= 4 is 0 Å². The van der Waals surface area contributed by atoms with E-state index in [1.54, 1.807) is 12.5 Å². The van der Waals surface area contributed by atoms with E-state index >= 15 is 0 Å². The highest BCUT2D eigenvalue weighted by Crippen LogP contribution is 2.10. The Kier molecular flexibility index (Phi) is 2.82. The molecule has 5 heteroatoms. The summed E-state index contributed by atoms with van der Waals surface area (Å²) in [7, 11) is 1.93. The molecule has 1 atom stereocenters. The van der Waals surface area contributed by atoms with Crippen molar-refractivity contribution in [3.8, 4) is 0 Å². The average Bonchev–Trinajstić information content (AvgIpc) is 2.84. The highest BCUT2D eigenvalue weighted by Gasteiger charge is 2.08. The van der Waals surface area contributed by atoms with E-state index in [0.29, 0.717) is 6.54 Å². The van der Waals surface area contributed by atoms with Crippen LogP contribution < -0.4 is 5.32 Å². The zero-order valence-electron chi connectivity index (χ0n) is 8.84. The molecule has 2 aromatic heterocycles. The minimum Gasteiger partial charge on any atom is -0.364 e. The number of nitrogens with one attached hydrogen (secondary N) is 1. The molecule has 0 saturated heterocycles. The van der Waals surface area contributed by atoms with Gasteiger partial charge in [-0.2, -0.15) is 5.10 Å². The summed E-state index contributed by atoms with van der Waals surface area (Å²) in [4.78, 5) is 0. The summed E-state index contributed by atoms with van der Waals surface area (Å²) in [6.07, 6.45) is 3.37. The summed E-state index contributed by atoms with van der Waals surface area (Å²) in [6, 6.07) is 4.10. The van der Waals surface area contributed by atoms with Gasteiger partial charge in [0.25, 0.3) is 0 Å². The fourth-order valence-corrected chi connectivity index (χ4v) is 1.50. The summed E-state index contributed by atoms with van der Waals surface area (Å²) in [6.45, 7) is 2.79. The van der Waals surface area contributed by atoms with Crippen LogP contribution in [0.5, 0.6) is 0 Å².